The molecule has 1 aromatic heterocycles. The van der Waals surface area contributed by atoms with Gasteiger partial charge in [-0.05, 0) is 31.7 Å². The maximum absolute atomic E-state index is 11.7. The van der Waals surface area contributed by atoms with Gasteiger partial charge in [-0.2, -0.15) is 0 Å². The normalized spacial score (nSPS) is 11.8. The van der Waals surface area contributed by atoms with Crippen molar-refractivity contribution in [3.8, 4) is 17.0 Å². The Kier molecular flexibility index (Phi) is 7.17. The summed E-state index contributed by atoms with van der Waals surface area (Å²) in [4.78, 5) is 20.0. The number of pyridine rings is 1. The maximum atomic E-state index is 11.7. The van der Waals surface area contributed by atoms with E-state index in [0.717, 1.165) is 16.7 Å². The van der Waals surface area contributed by atoms with Crippen LogP contribution in [-0.2, 0) is 9.53 Å². The van der Waals surface area contributed by atoms with E-state index in [2.05, 4.69) is 9.98 Å². The van der Waals surface area contributed by atoms with E-state index in [1.807, 2.05) is 30.3 Å². The van der Waals surface area contributed by atoms with Crippen LogP contribution in [0.4, 0.5) is 0 Å². The van der Waals surface area contributed by atoms with E-state index >= 15 is 0 Å². The Labute approximate surface area is 168 Å². The monoisotopic (exact) mass is 400 g/mol. The van der Waals surface area contributed by atoms with Gasteiger partial charge < -0.3 is 15.2 Å². The zero-order valence-corrected chi connectivity index (χ0v) is 17.2. The first kappa shape index (κ1) is 21.4. The number of benzene rings is 1. The number of aromatic nitrogens is 1. The second-order valence-electron chi connectivity index (χ2n) is 6.63. The Morgan fingerprint density at radius 3 is 2.39 bits per heavy atom. The number of hydrogen-bond donors (Lipinski definition) is 2. The molecule has 7 nitrogen and oxygen atoms in total. The Morgan fingerprint density at radius 2 is 1.86 bits per heavy atom. The lowest BCUT2D eigenvalue weighted by Gasteiger charge is -2.21. The topological polar surface area (TPSA) is 111 Å². The van der Waals surface area contributed by atoms with E-state index in [9.17, 15) is 4.79 Å². The van der Waals surface area contributed by atoms with Crippen molar-refractivity contribution >= 4 is 28.7 Å². The van der Waals surface area contributed by atoms with Gasteiger partial charge in [-0.15, -0.1) is 0 Å². The fourth-order valence-corrected chi connectivity index (χ4v) is 2.47. The lowest BCUT2D eigenvalue weighted by molar-refractivity contribution is -0.152. The van der Waals surface area contributed by atoms with Crippen molar-refractivity contribution in [1.82, 2.24) is 4.98 Å². The highest BCUT2D eigenvalue weighted by molar-refractivity contribution is 8.13. The van der Waals surface area contributed by atoms with Gasteiger partial charge in [0.25, 0.3) is 0 Å². The molecule has 1 aromatic carbocycles. The van der Waals surface area contributed by atoms with Gasteiger partial charge in [0.05, 0.1) is 12.5 Å². The molecule has 0 saturated carbocycles. The number of nitrogens with zero attached hydrogens (tertiary/aromatic N) is 2. The standard InChI is InChI=1S/C20H24N4O3S/c1-20(2,18(25)26-3)12-27-16-10-9-15(11-23-16)13-5-7-14(8-6-13)17(21)24-19(22)28-4/h5-11H,12H2,1-4H3,(H3,21,22,24). The van der Waals surface area contributed by atoms with Gasteiger partial charge in [0.15, 0.2) is 5.17 Å². The molecule has 0 fully saturated rings. The van der Waals surface area contributed by atoms with E-state index in [0.29, 0.717) is 11.7 Å². The van der Waals surface area contributed by atoms with Crippen molar-refractivity contribution in [2.75, 3.05) is 20.0 Å². The Hall–Kier alpha value is -2.87. The number of rotatable bonds is 6. The first-order valence-electron chi connectivity index (χ1n) is 8.51. The van der Waals surface area contributed by atoms with Crippen LogP contribution in [0.1, 0.15) is 19.4 Å². The molecule has 148 valence electrons. The van der Waals surface area contributed by atoms with Gasteiger partial charge in [0.1, 0.15) is 12.4 Å². The molecule has 0 spiro atoms. The molecule has 0 saturated heterocycles. The maximum Gasteiger partial charge on any atom is 0.314 e. The van der Waals surface area contributed by atoms with Crippen molar-refractivity contribution in [2.45, 2.75) is 13.8 Å². The molecular formula is C20H24N4O3S. The first-order chi connectivity index (χ1) is 13.3. The van der Waals surface area contributed by atoms with Gasteiger partial charge in [0.2, 0.25) is 5.88 Å². The smallest absolute Gasteiger partial charge is 0.314 e. The summed E-state index contributed by atoms with van der Waals surface area (Å²) in [6.45, 7) is 3.68. The number of amidine groups is 2. The highest BCUT2D eigenvalue weighted by Gasteiger charge is 2.29. The fourth-order valence-electron chi connectivity index (χ4n) is 2.28. The lowest BCUT2D eigenvalue weighted by atomic mass is 9.95. The number of hydrogen-bond acceptors (Lipinski definition) is 6. The lowest BCUT2D eigenvalue weighted by Crippen LogP contribution is -2.32. The van der Waals surface area contributed by atoms with Gasteiger partial charge >= 0.3 is 5.97 Å². The molecule has 0 amide bonds. The summed E-state index contributed by atoms with van der Waals surface area (Å²) < 4.78 is 10.4. The molecule has 0 radical (unpaired) electrons. The van der Waals surface area contributed by atoms with Gasteiger partial charge in [-0.1, -0.05) is 36.0 Å². The molecule has 0 atom stereocenters. The zero-order chi connectivity index (χ0) is 20.7. The van der Waals surface area contributed by atoms with Crippen LogP contribution >= 0.6 is 11.8 Å². The Balaban J connectivity index is 2.06. The molecular weight excluding hydrogens is 376 g/mol. The van der Waals surface area contributed by atoms with Crippen LogP contribution in [0.25, 0.3) is 11.1 Å². The van der Waals surface area contributed by atoms with E-state index in [-0.39, 0.29) is 17.7 Å². The van der Waals surface area contributed by atoms with Crippen molar-refractivity contribution < 1.29 is 14.3 Å². The average Bonchev–Trinajstić information content (AvgIpc) is 2.72. The Bertz CT molecular complexity index is 862. The predicted molar refractivity (Wildman–Crippen MR) is 113 cm³/mol. The number of nitrogens with one attached hydrogen (secondary N) is 1. The SMILES string of the molecule is COC(=O)C(C)(C)COc1ccc(-c2ccc(C(N)=NC(=N)SC)cc2)cn1. The summed E-state index contributed by atoms with van der Waals surface area (Å²) in [6.07, 6.45) is 3.48. The number of carbonyl (C=O) groups excluding carboxylic acids is 1. The van der Waals surface area contributed by atoms with Crippen molar-refractivity contribution in [3.63, 3.8) is 0 Å². The van der Waals surface area contributed by atoms with Crippen molar-refractivity contribution in [1.29, 1.82) is 5.41 Å². The third-order valence-electron chi connectivity index (χ3n) is 3.98. The summed E-state index contributed by atoms with van der Waals surface area (Å²) in [6, 6.07) is 11.2. The van der Waals surface area contributed by atoms with Crippen LogP contribution < -0.4 is 10.5 Å². The van der Waals surface area contributed by atoms with Crippen LogP contribution in [-0.4, -0.2) is 41.9 Å². The molecule has 2 rings (SSSR count). The molecule has 0 aliphatic rings. The zero-order valence-electron chi connectivity index (χ0n) is 16.4. The number of esters is 1. The minimum absolute atomic E-state index is 0.164. The number of carbonyl (C=O) groups is 1. The molecule has 0 aliphatic carbocycles. The minimum Gasteiger partial charge on any atom is -0.476 e. The third kappa shape index (κ3) is 5.56. The van der Waals surface area contributed by atoms with E-state index < -0.39 is 5.41 Å². The molecule has 28 heavy (non-hydrogen) atoms. The van der Waals surface area contributed by atoms with Gasteiger partial charge in [0, 0.05) is 23.4 Å². The van der Waals surface area contributed by atoms with Crippen LogP contribution in [0.5, 0.6) is 5.88 Å². The summed E-state index contributed by atoms with van der Waals surface area (Å²) in [5.41, 5.74) is 7.79. The van der Waals surface area contributed by atoms with Crippen molar-refractivity contribution in [2.24, 2.45) is 16.1 Å². The largest absolute Gasteiger partial charge is 0.476 e. The van der Waals surface area contributed by atoms with E-state index in [1.165, 1.54) is 18.9 Å². The third-order valence-corrected chi connectivity index (χ3v) is 4.46. The molecule has 0 bridgehead atoms. The molecule has 0 unspecified atom stereocenters. The summed E-state index contributed by atoms with van der Waals surface area (Å²) in [7, 11) is 1.36. The molecule has 0 aliphatic heterocycles. The number of methoxy groups -OCH3 is 1. The number of ether oxygens (including phenoxy) is 2. The molecule has 3 N–H and O–H groups in total. The van der Waals surface area contributed by atoms with Gasteiger partial charge in [-0.3, -0.25) is 10.2 Å². The van der Waals surface area contributed by atoms with Crippen LogP contribution in [0.2, 0.25) is 0 Å². The highest BCUT2D eigenvalue weighted by Crippen LogP contribution is 2.23. The Morgan fingerprint density at radius 1 is 1.21 bits per heavy atom. The summed E-state index contributed by atoms with van der Waals surface area (Å²) in [5, 5.41) is 7.73. The van der Waals surface area contributed by atoms with E-state index in [1.54, 1.807) is 32.4 Å². The minimum atomic E-state index is -0.751. The van der Waals surface area contributed by atoms with Crippen LogP contribution in [0, 0.1) is 10.8 Å². The van der Waals surface area contributed by atoms with Crippen LogP contribution in [0.15, 0.2) is 47.6 Å². The van der Waals surface area contributed by atoms with Crippen LogP contribution in [0.3, 0.4) is 0 Å². The predicted octanol–water partition coefficient (Wildman–Crippen LogP) is 3.33. The summed E-state index contributed by atoms with van der Waals surface area (Å²) >= 11 is 1.23. The number of nitrogens with two attached hydrogens (primary N) is 1. The number of aliphatic imine (C=N–C) groups is 1. The van der Waals surface area contributed by atoms with Crippen molar-refractivity contribution in [3.05, 3.63) is 48.2 Å². The van der Waals surface area contributed by atoms with E-state index in [4.69, 9.17) is 20.6 Å². The number of thioether (sulfide) groups is 1. The average molecular weight is 401 g/mol. The molecule has 8 heteroatoms. The summed E-state index contributed by atoms with van der Waals surface area (Å²) in [5.74, 6) is 0.407. The highest BCUT2D eigenvalue weighted by atomic mass is 32.2. The molecule has 1 heterocycles. The quantitative estimate of drug-likeness (QED) is 0.437. The second-order valence-corrected chi connectivity index (χ2v) is 7.43. The fraction of sp³-hybridized carbons (Fsp3) is 0.300. The molecule has 2 aromatic rings. The van der Waals surface area contributed by atoms with Gasteiger partial charge in [-0.25, -0.2) is 9.98 Å². The second kappa shape index (κ2) is 9.36. The first-order valence-corrected chi connectivity index (χ1v) is 9.74.